The molecule has 8 nitrogen and oxygen atoms in total. The van der Waals surface area contributed by atoms with Gasteiger partial charge in [0, 0.05) is 25.0 Å². The zero-order valence-corrected chi connectivity index (χ0v) is 11.6. The van der Waals surface area contributed by atoms with Crippen molar-refractivity contribution >= 4 is 11.7 Å². The number of carboxylic acid groups (broad SMARTS) is 1. The van der Waals surface area contributed by atoms with Gasteiger partial charge in [-0.25, -0.2) is 14.5 Å². The second kappa shape index (κ2) is 5.70. The van der Waals surface area contributed by atoms with Gasteiger partial charge in [0.25, 0.3) is 5.69 Å². The Morgan fingerprint density at radius 3 is 2.62 bits per heavy atom. The number of non-ortho nitro benzene ring substituents is 1. The van der Waals surface area contributed by atoms with E-state index in [2.05, 4.69) is 10.1 Å². The lowest BCUT2D eigenvalue weighted by Crippen LogP contribution is -2.10. The fraction of sp³-hybridized carbons (Fsp3) is 0.308. The molecule has 0 radical (unpaired) electrons. The van der Waals surface area contributed by atoms with Crippen LogP contribution < -0.4 is 0 Å². The number of benzene rings is 1. The smallest absolute Gasteiger partial charge is 0.337 e. The normalized spacial score (nSPS) is 10.6. The molecule has 0 aliphatic rings. The highest BCUT2D eigenvalue weighted by Crippen LogP contribution is 2.22. The Kier molecular flexibility index (Phi) is 3.97. The molecule has 0 atom stereocenters. The Morgan fingerprint density at radius 1 is 1.38 bits per heavy atom. The number of hydrogen-bond acceptors (Lipinski definition) is 5. The van der Waals surface area contributed by atoms with Gasteiger partial charge in [0.2, 0.25) is 0 Å². The van der Waals surface area contributed by atoms with Gasteiger partial charge in [0.05, 0.1) is 16.2 Å². The van der Waals surface area contributed by atoms with Crippen molar-refractivity contribution in [1.82, 2.24) is 14.8 Å². The predicted octanol–water partition coefficient (Wildman–Crippen LogP) is 2.00. The van der Waals surface area contributed by atoms with Crippen LogP contribution in [0.3, 0.4) is 0 Å². The summed E-state index contributed by atoms with van der Waals surface area (Å²) in [7, 11) is 0. The molecule has 21 heavy (non-hydrogen) atoms. The molecule has 8 heteroatoms. The number of aromatic nitrogens is 3. The molecule has 0 spiro atoms. The minimum absolute atomic E-state index is 0.0529. The number of aryl methyl sites for hydroxylation is 2. The Morgan fingerprint density at radius 2 is 2.10 bits per heavy atom. The van der Waals surface area contributed by atoms with Gasteiger partial charge >= 0.3 is 5.97 Å². The van der Waals surface area contributed by atoms with E-state index in [4.69, 9.17) is 0 Å². The van der Waals surface area contributed by atoms with Gasteiger partial charge < -0.3 is 5.11 Å². The minimum Gasteiger partial charge on any atom is -0.478 e. The van der Waals surface area contributed by atoms with Gasteiger partial charge in [-0.3, -0.25) is 10.1 Å². The maximum atomic E-state index is 11.3. The largest absolute Gasteiger partial charge is 0.478 e. The van der Waals surface area contributed by atoms with E-state index >= 15 is 0 Å². The third-order valence-electron chi connectivity index (χ3n) is 3.00. The first-order valence-corrected chi connectivity index (χ1v) is 6.44. The Hall–Kier alpha value is -2.77. The van der Waals surface area contributed by atoms with Gasteiger partial charge in [-0.2, -0.15) is 5.10 Å². The molecule has 0 unspecified atom stereocenters. The standard InChI is InChI=1S/C13H14N4O4/c1-3-11-14-12(4-2)16(15-11)10-7-8(17(20)21)5-6-9(10)13(18)19/h5-7H,3-4H2,1-2H3,(H,18,19). The summed E-state index contributed by atoms with van der Waals surface area (Å²) in [5.74, 6) is -0.0416. The molecule has 0 bridgehead atoms. The van der Waals surface area contributed by atoms with E-state index in [9.17, 15) is 20.0 Å². The van der Waals surface area contributed by atoms with Crippen molar-refractivity contribution in [3.63, 3.8) is 0 Å². The van der Waals surface area contributed by atoms with Crippen LogP contribution in [-0.2, 0) is 12.8 Å². The molecule has 1 heterocycles. The van der Waals surface area contributed by atoms with Crippen molar-refractivity contribution in [1.29, 1.82) is 0 Å². The van der Waals surface area contributed by atoms with Crippen LogP contribution in [0.1, 0.15) is 35.9 Å². The predicted molar refractivity (Wildman–Crippen MR) is 73.7 cm³/mol. The highest BCUT2D eigenvalue weighted by molar-refractivity contribution is 5.92. The monoisotopic (exact) mass is 290 g/mol. The summed E-state index contributed by atoms with van der Waals surface area (Å²) in [6.07, 6.45) is 1.13. The summed E-state index contributed by atoms with van der Waals surface area (Å²) in [6, 6.07) is 3.58. The van der Waals surface area contributed by atoms with Gasteiger partial charge in [0.1, 0.15) is 5.82 Å². The van der Waals surface area contributed by atoms with Gasteiger partial charge in [0.15, 0.2) is 5.82 Å². The van der Waals surface area contributed by atoms with E-state index in [0.717, 1.165) is 6.07 Å². The number of nitrogens with zero attached hydrogens (tertiary/aromatic N) is 4. The van der Waals surface area contributed by atoms with Crippen molar-refractivity contribution in [2.45, 2.75) is 26.7 Å². The number of nitro benzene ring substituents is 1. The van der Waals surface area contributed by atoms with Gasteiger partial charge in [-0.15, -0.1) is 0 Å². The third-order valence-corrected chi connectivity index (χ3v) is 3.00. The molecule has 0 fully saturated rings. The summed E-state index contributed by atoms with van der Waals surface area (Å²) >= 11 is 0. The molecule has 0 aliphatic heterocycles. The highest BCUT2D eigenvalue weighted by Gasteiger charge is 2.20. The van der Waals surface area contributed by atoms with Gasteiger partial charge in [-0.05, 0) is 6.07 Å². The summed E-state index contributed by atoms with van der Waals surface area (Å²) in [4.78, 5) is 25.9. The van der Waals surface area contributed by atoms with Crippen LogP contribution in [0.15, 0.2) is 18.2 Å². The van der Waals surface area contributed by atoms with Crippen LogP contribution in [0, 0.1) is 10.1 Å². The van der Waals surface area contributed by atoms with Crippen molar-refractivity contribution in [2.24, 2.45) is 0 Å². The Bertz CT molecular complexity index is 708. The zero-order chi connectivity index (χ0) is 15.6. The van der Waals surface area contributed by atoms with E-state index < -0.39 is 10.9 Å². The van der Waals surface area contributed by atoms with Crippen molar-refractivity contribution < 1.29 is 14.8 Å². The molecule has 2 aromatic rings. The quantitative estimate of drug-likeness (QED) is 0.666. The maximum absolute atomic E-state index is 11.3. The SMILES string of the molecule is CCc1nc(CC)n(-c2cc([N+](=O)[O-])ccc2C(=O)O)n1. The van der Waals surface area contributed by atoms with E-state index in [0.29, 0.717) is 24.5 Å². The summed E-state index contributed by atoms with van der Waals surface area (Å²) < 4.78 is 1.37. The van der Waals surface area contributed by atoms with E-state index in [1.165, 1.54) is 16.8 Å². The molecule has 1 aromatic carbocycles. The summed E-state index contributed by atoms with van der Waals surface area (Å²) in [6.45, 7) is 3.74. The maximum Gasteiger partial charge on any atom is 0.337 e. The molecule has 0 saturated heterocycles. The van der Waals surface area contributed by atoms with E-state index in [1.54, 1.807) is 0 Å². The second-order valence-corrected chi connectivity index (χ2v) is 4.33. The first-order valence-electron chi connectivity index (χ1n) is 6.44. The molecule has 0 amide bonds. The van der Waals surface area contributed by atoms with E-state index in [-0.39, 0.29) is 16.9 Å². The van der Waals surface area contributed by atoms with Crippen LogP contribution >= 0.6 is 0 Å². The van der Waals surface area contributed by atoms with E-state index in [1.807, 2.05) is 13.8 Å². The molecular formula is C13H14N4O4. The van der Waals surface area contributed by atoms with Crippen molar-refractivity contribution in [3.05, 3.63) is 45.5 Å². The van der Waals surface area contributed by atoms with Crippen LogP contribution in [0.4, 0.5) is 5.69 Å². The molecule has 110 valence electrons. The summed E-state index contributed by atoms with van der Waals surface area (Å²) in [5.41, 5.74) is -0.0887. The average molecular weight is 290 g/mol. The summed E-state index contributed by atoms with van der Waals surface area (Å²) in [5, 5.41) is 24.4. The molecule has 0 aliphatic carbocycles. The molecule has 0 saturated carbocycles. The molecule has 2 rings (SSSR count). The van der Waals surface area contributed by atoms with Crippen molar-refractivity contribution in [2.75, 3.05) is 0 Å². The van der Waals surface area contributed by atoms with Crippen LogP contribution in [-0.4, -0.2) is 30.8 Å². The number of aromatic carboxylic acids is 1. The first kappa shape index (κ1) is 14.6. The Labute approximate surface area is 120 Å². The average Bonchev–Trinajstić information content (AvgIpc) is 2.89. The zero-order valence-electron chi connectivity index (χ0n) is 11.6. The fourth-order valence-corrected chi connectivity index (χ4v) is 1.95. The number of nitro groups is 1. The lowest BCUT2D eigenvalue weighted by molar-refractivity contribution is -0.384. The van der Waals surface area contributed by atoms with Gasteiger partial charge in [-0.1, -0.05) is 13.8 Å². The topological polar surface area (TPSA) is 111 Å². The number of carboxylic acids is 1. The molecular weight excluding hydrogens is 276 g/mol. The Balaban J connectivity index is 2.70. The van der Waals surface area contributed by atoms with Crippen LogP contribution in [0.25, 0.3) is 5.69 Å². The molecule has 1 N–H and O–H groups in total. The lowest BCUT2D eigenvalue weighted by Gasteiger charge is -2.08. The molecule has 1 aromatic heterocycles. The minimum atomic E-state index is -1.17. The number of carbonyl (C=O) groups is 1. The van der Waals surface area contributed by atoms with Crippen LogP contribution in [0.5, 0.6) is 0 Å². The third kappa shape index (κ3) is 2.73. The van der Waals surface area contributed by atoms with Crippen LogP contribution in [0.2, 0.25) is 0 Å². The van der Waals surface area contributed by atoms with Crippen molar-refractivity contribution in [3.8, 4) is 5.69 Å². The number of hydrogen-bond donors (Lipinski definition) is 1. The lowest BCUT2D eigenvalue weighted by atomic mass is 10.1. The number of rotatable bonds is 5. The highest BCUT2D eigenvalue weighted by atomic mass is 16.6. The first-order chi connectivity index (χ1) is 9.97. The fourth-order valence-electron chi connectivity index (χ4n) is 1.95. The second-order valence-electron chi connectivity index (χ2n) is 4.33.